The maximum Gasteiger partial charge on any atom is 0.0898 e. The molecule has 2 rings (SSSR count). The highest BCUT2D eigenvalue weighted by Gasteiger charge is 1.98. The van der Waals surface area contributed by atoms with Gasteiger partial charge in [-0.15, -0.1) is 11.3 Å². The van der Waals surface area contributed by atoms with Gasteiger partial charge in [0.25, 0.3) is 0 Å². The molecule has 0 saturated heterocycles. The number of aromatic nitrogens is 2. The fraction of sp³-hybridized carbons (Fsp3) is 0.273. The second kappa shape index (κ2) is 4.40. The molecule has 0 unspecified atom stereocenters. The second-order valence-corrected chi connectivity index (χ2v) is 4.52. The number of rotatable bonds is 3. The summed E-state index contributed by atoms with van der Waals surface area (Å²) in [6.45, 7) is 4.81. The topological polar surface area (TPSA) is 37.8 Å². The van der Waals surface area contributed by atoms with Crippen molar-refractivity contribution >= 4 is 17.0 Å². The predicted octanol–water partition coefficient (Wildman–Crippen LogP) is 2.77. The molecule has 0 aliphatic heterocycles. The molecule has 3 nitrogen and oxygen atoms in total. The first-order valence-corrected chi connectivity index (χ1v) is 5.68. The van der Waals surface area contributed by atoms with E-state index < -0.39 is 0 Å². The number of anilines is 1. The number of pyridine rings is 1. The molecule has 78 valence electrons. The van der Waals surface area contributed by atoms with Crippen molar-refractivity contribution < 1.29 is 0 Å². The Morgan fingerprint density at radius 2 is 2.20 bits per heavy atom. The summed E-state index contributed by atoms with van der Waals surface area (Å²) in [7, 11) is 0. The minimum Gasteiger partial charge on any atom is -0.378 e. The summed E-state index contributed by atoms with van der Waals surface area (Å²) in [6, 6.07) is 2.08. The molecule has 0 amide bonds. The van der Waals surface area contributed by atoms with Crippen LogP contribution in [0.15, 0.2) is 23.8 Å². The quantitative estimate of drug-likeness (QED) is 0.862. The lowest BCUT2D eigenvalue weighted by atomic mass is 10.3. The Balaban J connectivity index is 1.99. The number of hydrogen-bond donors (Lipinski definition) is 1. The summed E-state index contributed by atoms with van der Waals surface area (Å²) in [6.07, 6.45) is 3.67. The van der Waals surface area contributed by atoms with E-state index in [0.29, 0.717) is 0 Å². The Morgan fingerprint density at radius 3 is 2.87 bits per heavy atom. The molecule has 0 bridgehead atoms. The van der Waals surface area contributed by atoms with Crippen molar-refractivity contribution in [1.82, 2.24) is 9.97 Å². The monoisotopic (exact) mass is 219 g/mol. The highest BCUT2D eigenvalue weighted by atomic mass is 32.1. The summed E-state index contributed by atoms with van der Waals surface area (Å²) < 4.78 is 0. The molecule has 0 aliphatic carbocycles. The molecular weight excluding hydrogens is 206 g/mol. The van der Waals surface area contributed by atoms with E-state index in [-0.39, 0.29) is 0 Å². The van der Waals surface area contributed by atoms with Crippen molar-refractivity contribution in [3.05, 3.63) is 40.1 Å². The smallest absolute Gasteiger partial charge is 0.0898 e. The van der Waals surface area contributed by atoms with Gasteiger partial charge in [0.2, 0.25) is 0 Å². The zero-order valence-electron chi connectivity index (χ0n) is 8.82. The Labute approximate surface area is 93.2 Å². The fourth-order valence-electron chi connectivity index (χ4n) is 1.33. The van der Waals surface area contributed by atoms with Crippen molar-refractivity contribution in [3.63, 3.8) is 0 Å². The number of nitrogens with one attached hydrogen (secondary N) is 1. The summed E-state index contributed by atoms with van der Waals surface area (Å²) in [5, 5.41) is 6.48. The van der Waals surface area contributed by atoms with Crippen LogP contribution in [-0.2, 0) is 6.54 Å². The molecular formula is C11H13N3S. The molecule has 0 fully saturated rings. The van der Waals surface area contributed by atoms with E-state index in [1.54, 1.807) is 11.3 Å². The van der Waals surface area contributed by atoms with E-state index >= 15 is 0 Å². The van der Waals surface area contributed by atoms with Gasteiger partial charge in [0.15, 0.2) is 0 Å². The predicted molar refractivity (Wildman–Crippen MR) is 63.2 cm³/mol. The molecule has 0 saturated carbocycles. The number of thiazole rings is 1. The summed E-state index contributed by atoms with van der Waals surface area (Å²) >= 11 is 1.68. The van der Waals surface area contributed by atoms with Gasteiger partial charge in [-0.1, -0.05) is 0 Å². The van der Waals surface area contributed by atoms with Crippen LogP contribution in [0.25, 0.3) is 0 Å². The third kappa shape index (κ3) is 2.76. The molecule has 2 aromatic rings. The van der Waals surface area contributed by atoms with Gasteiger partial charge in [0, 0.05) is 17.8 Å². The Hall–Kier alpha value is -1.42. The molecule has 0 atom stereocenters. The molecule has 15 heavy (non-hydrogen) atoms. The number of nitrogens with zero attached hydrogens (tertiary/aromatic N) is 2. The highest BCUT2D eigenvalue weighted by Crippen LogP contribution is 2.11. The van der Waals surface area contributed by atoms with Crippen LogP contribution in [0.3, 0.4) is 0 Å². The van der Waals surface area contributed by atoms with E-state index in [4.69, 9.17) is 0 Å². The minimum atomic E-state index is 0.759. The lowest BCUT2D eigenvalue weighted by Crippen LogP contribution is -2.00. The normalized spacial score (nSPS) is 10.3. The number of hydrogen-bond acceptors (Lipinski definition) is 4. The molecule has 1 N–H and O–H groups in total. The first kappa shape index (κ1) is 10.1. The Kier molecular flexibility index (Phi) is 2.97. The van der Waals surface area contributed by atoms with Gasteiger partial charge in [-0.2, -0.15) is 0 Å². The van der Waals surface area contributed by atoms with Gasteiger partial charge in [0.1, 0.15) is 0 Å². The maximum absolute atomic E-state index is 4.38. The standard InChI is InChI=1S/C11H13N3S/c1-8-3-10(5-12-4-8)13-6-11-7-15-9(2)14-11/h3-5,7,13H,6H2,1-2H3. The average Bonchev–Trinajstić information content (AvgIpc) is 2.62. The van der Waals surface area contributed by atoms with Gasteiger partial charge in [-0.3, -0.25) is 4.98 Å². The van der Waals surface area contributed by atoms with Crippen LogP contribution in [0.5, 0.6) is 0 Å². The van der Waals surface area contributed by atoms with Crippen molar-refractivity contribution in [2.75, 3.05) is 5.32 Å². The Morgan fingerprint density at radius 1 is 1.33 bits per heavy atom. The average molecular weight is 219 g/mol. The van der Waals surface area contributed by atoms with Crippen LogP contribution in [0.4, 0.5) is 5.69 Å². The molecule has 2 aromatic heterocycles. The number of aryl methyl sites for hydroxylation is 2. The van der Waals surface area contributed by atoms with E-state index in [2.05, 4.69) is 26.7 Å². The van der Waals surface area contributed by atoms with E-state index in [1.165, 1.54) is 0 Å². The van der Waals surface area contributed by atoms with Gasteiger partial charge in [0.05, 0.1) is 22.9 Å². The Bertz CT molecular complexity index is 451. The zero-order valence-corrected chi connectivity index (χ0v) is 9.64. The van der Waals surface area contributed by atoms with Gasteiger partial charge in [-0.25, -0.2) is 4.98 Å². The fourth-order valence-corrected chi connectivity index (χ4v) is 1.95. The largest absolute Gasteiger partial charge is 0.378 e. The van der Waals surface area contributed by atoms with Crippen LogP contribution < -0.4 is 5.32 Å². The zero-order chi connectivity index (χ0) is 10.7. The van der Waals surface area contributed by atoms with Crippen molar-refractivity contribution in [2.24, 2.45) is 0 Å². The lowest BCUT2D eigenvalue weighted by Gasteiger charge is -2.04. The maximum atomic E-state index is 4.38. The third-order valence-electron chi connectivity index (χ3n) is 2.02. The molecule has 0 spiro atoms. The SMILES string of the molecule is Cc1cncc(NCc2csc(C)n2)c1. The summed E-state index contributed by atoms with van der Waals surface area (Å²) in [4.78, 5) is 8.51. The first-order chi connectivity index (χ1) is 7.24. The molecule has 0 aliphatic rings. The van der Waals surface area contributed by atoms with Crippen LogP contribution in [0.2, 0.25) is 0 Å². The molecule has 0 radical (unpaired) electrons. The van der Waals surface area contributed by atoms with Crippen molar-refractivity contribution in [2.45, 2.75) is 20.4 Å². The molecule has 4 heteroatoms. The van der Waals surface area contributed by atoms with E-state index in [1.807, 2.05) is 26.2 Å². The second-order valence-electron chi connectivity index (χ2n) is 3.46. The summed E-state index contributed by atoms with van der Waals surface area (Å²) in [5.74, 6) is 0. The van der Waals surface area contributed by atoms with Crippen LogP contribution in [-0.4, -0.2) is 9.97 Å². The summed E-state index contributed by atoms with van der Waals surface area (Å²) in [5.41, 5.74) is 3.29. The third-order valence-corrected chi connectivity index (χ3v) is 2.84. The lowest BCUT2D eigenvalue weighted by molar-refractivity contribution is 1.05. The van der Waals surface area contributed by atoms with Gasteiger partial charge >= 0.3 is 0 Å². The minimum absolute atomic E-state index is 0.759. The van der Waals surface area contributed by atoms with E-state index in [9.17, 15) is 0 Å². The van der Waals surface area contributed by atoms with Gasteiger partial charge < -0.3 is 5.32 Å². The van der Waals surface area contributed by atoms with Crippen LogP contribution in [0, 0.1) is 13.8 Å². The highest BCUT2D eigenvalue weighted by molar-refractivity contribution is 7.09. The first-order valence-electron chi connectivity index (χ1n) is 4.80. The van der Waals surface area contributed by atoms with Gasteiger partial charge in [-0.05, 0) is 25.5 Å². The van der Waals surface area contributed by atoms with Crippen molar-refractivity contribution in [1.29, 1.82) is 0 Å². The van der Waals surface area contributed by atoms with Crippen LogP contribution in [0.1, 0.15) is 16.3 Å². The molecule has 0 aromatic carbocycles. The van der Waals surface area contributed by atoms with Crippen LogP contribution >= 0.6 is 11.3 Å². The van der Waals surface area contributed by atoms with Crippen molar-refractivity contribution in [3.8, 4) is 0 Å². The van der Waals surface area contributed by atoms with E-state index in [0.717, 1.165) is 28.5 Å². The molecule has 2 heterocycles.